The van der Waals surface area contributed by atoms with E-state index in [-0.39, 0.29) is 22.8 Å². The number of para-hydroxylation sites is 2. The number of hydrogen-bond donors (Lipinski definition) is 0. The molecule has 9 heteroatoms. The van der Waals surface area contributed by atoms with Crippen LogP contribution in [0.4, 0.5) is 22.7 Å². The van der Waals surface area contributed by atoms with E-state index in [1.54, 1.807) is 0 Å². The molecule has 7 rings (SSSR count). The Kier molecular flexibility index (Phi) is 14.5. The third-order valence-corrected chi connectivity index (χ3v) is 12.7. The average molecular weight is 863 g/mol. The van der Waals surface area contributed by atoms with Gasteiger partial charge in [0.05, 0.1) is 35.5 Å². The molecule has 0 spiro atoms. The molecule has 0 atom stereocenters. The van der Waals surface area contributed by atoms with Crippen LogP contribution in [0.5, 0.6) is 0 Å². The van der Waals surface area contributed by atoms with Crippen LogP contribution in [0.15, 0.2) is 144 Å². The summed E-state index contributed by atoms with van der Waals surface area (Å²) in [7, 11) is 4.21. The van der Waals surface area contributed by atoms with Crippen LogP contribution in [-0.2, 0) is 29.8 Å². The van der Waals surface area contributed by atoms with Crippen molar-refractivity contribution in [3.63, 3.8) is 0 Å². The standard InChI is InChI=1S/C55H64N3O6/c1-9-61-33-17-35-63-52(59)41-25-29-47-45(37-41)54(3,4)49(56(47)7)31-27-39-23-24-40(51(39)58(43-19-13-11-14-20-43)44-21-15-12-16-22-44)28-32-50-55(5,6)46-38-42(26-30-48(46)57(50)8)53(60)64-36-18-34-62-10-2/h11-16,19-22,25-32,37-38H,9-10,17-18,23-24,33-36H2,1-8H3/q+1. The molecule has 2 aliphatic heterocycles. The second-order valence-corrected chi connectivity index (χ2v) is 17.5. The maximum Gasteiger partial charge on any atom is 0.338 e. The molecular weight excluding hydrogens is 799 g/mol. The Morgan fingerprint density at radius 3 is 1.83 bits per heavy atom. The number of allylic oxidation sites excluding steroid dienone is 7. The summed E-state index contributed by atoms with van der Waals surface area (Å²) in [5.74, 6) is -0.632. The van der Waals surface area contributed by atoms with E-state index in [1.165, 1.54) is 11.1 Å². The fourth-order valence-corrected chi connectivity index (χ4v) is 9.28. The maximum absolute atomic E-state index is 13.1. The second-order valence-electron chi connectivity index (χ2n) is 17.5. The summed E-state index contributed by atoms with van der Waals surface area (Å²) >= 11 is 0. The molecule has 64 heavy (non-hydrogen) atoms. The molecule has 0 saturated heterocycles. The molecule has 0 aromatic heterocycles. The number of benzene rings is 4. The predicted octanol–water partition coefficient (Wildman–Crippen LogP) is 11.5. The van der Waals surface area contributed by atoms with Crippen LogP contribution < -0.4 is 9.80 Å². The molecule has 0 unspecified atom stereocenters. The van der Waals surface area contributed by atoms with Gasteiger partial charge in [0, 0.05) is 92.2 Å². The zero-order chi connectivity index (χ0) is 45.4. The summed E-state index contributed by atoms with van der Waals surface area (Å²) in [5.41, 5.74) is 12.7. The molecule has 0 radical (unpaired) electrons. The molecule has 0 fully saturated rings. The number of anilines is 3. The lowest BCUT2D eigenvalue weighted by atomic mass is 9.80. The number of nitrogens with zero attached hydrogens (tertiary/aromatic N) is 3. The highest BCUT2D eigenvalue weighted by Crippen LogP contribution is 2.48. The number of likely N-dealkylation sites (N-methyl/N-ethyl adjacent to an activating group) is 1. The van der Waals surface area contributed by atoms with Gasteiger partial charge in [-0.25, -0.2) is 9.59 Å². The minimum atomic E-state index is -0.374. The van der Waals surface area contributed by atoms with Crippen molar-refractivity contribution in [1.29, 1.82) is 0 Å². The van der Waals surface area contributed by atoms with Crippen LogP contribution in [-0.4, -0.2) is 76.0 Å². The van der Waals surface area contributed by atoms with E-state index in [0.717, 1.165) is 63.8 Å². The number of carbonyl (C=O) groups excluding carboxylic acids is 2. The smallest absolute Gasteiger partial charge is 0.338 e. The number of ether oxygens (including phenoxy) is 4. The van der Waals surface area contributed by atoms with Crippen molar-refractivity contribution in [2.45, 2.75) is 78.1 Å². The fourth-order valence-electron chi connectivity index (χ4n) is 9.28. The SMILES string of the molecule is CCOCCCOC(=O)c1ccc2c(c1)C(C)(C)C(/C=C/C1=C(N(c3ccccc3)c3ccccc3)C(=C/C=C3/N(C)c4ccc(C(=O)OCCCOCC)cc4C3(C)C)/CC1)=[N+]2C. The molecule has 9 nitrogen and oxygen atoms in total. The Bertz CT molecular complexity index is 2460. The van der Waals surface area contributed by atoms with Crippen LogP contribution in [0.2, 0.25) is 0 Å². The summed E-state index contributed by atoms with van der Waals surface area (Å²) in [6.07, 6.45) is 12.2. The molecule has 1 aliphatic carbocycles. The predicted molar refractivity (Wildman–Crippen MR) is 258 cm³/mol. The second kappa shape index (κ2) is 20.2. The first kappa shape index (κ1) is 46.0. The van der Waals surface area contributed by atoms with Crippen LogP contribution in [0.25, 0.3) is 0 Å². The van der Waals surface area contributed by atoms with E-state index >= 15 is 0 Å². The van der Waals surface area contributed by atoms with Crippen molar-refractivity contribution in [3.05, 3.63) is 166 Å². The highest BCUT2D eigenvalue weighted by atomic mass is 16.5. The van der Waals surface area contributed by atoms with E-state index in [2.05, 4.69) is 141 Å². The molecular formula is C55H64N3O6+. The van der Waals surface area contributed by atoms with Crippen molar-refractivity contribution < 1.29 is 33.1 Å². The highest BCUT2D eigenvalue weighted by molar-refractivity contribution is 6.04. The van der Waals surface area contributed by atoms with E-state index in [9.17, 15) is 9.59 Å². The Balaban J connectivity index is 1.23. The molecule has 3 aliphatic rings. The van der Waals surface area contributed by atoms with Crippen molar-refractivity contribution >= 4 is 40.4 Å². The van der Waals surface area contributed by atoms with Crippen LogP contribution >= 0.6 is 0 Å². The van der Waals surface area contributed by atoms with E-state index < -0.39 is 0 Å². The lowest BCUT2D eigenvalue weighted by Crippen LogP contribution is -2.27. The molecule has 0 saturated carbocycles. The zero-order valence-electron chi connectivity index (χ0n) is 38.9. The van der Waals surface area contributed by atoms with Gasteiger partial charge >= 0.3 is 11.9 Å². The van der Waals surface area contributed by atoms with Crippen LogP contribution in [0.1, 0.15) is 99.1 Å². The van der Waals surface area contributed by atoms with E-state index in [1.807, 2.05) is 50.2 Å². The molecule has 0 amide bonds. The molecule has 334 valence electrons. The molecule has 4 aromatic carbocycles. The van der Waals surface area contributed by atoms with E-state index in [4.69, 9.17) is 18.9 Å². The van der Waals surface area contributed by atoms with Crippen molar-refractivity contribution in [2.24, 2.45) is 0 Å². The zero-order valence-corrected chi connectivity index (χ0v) is 38.9. The van der Waals surface area contributed by atoms with Gasteiger partial charge in [-0.15, -0.1) is 0 Å². The maximum atomic E-state index is 13.1. The van der Waals surface area contributed by atoms with Gasteiger partial charge in [-0.1, -0.05) is 62.4 Å². The third kappa shape index (κ3) is 9.57. The van der Waals surface area contributed by atoms with Gasteiger partial charge in [0.25, 0.3) is 0 Å². The third-order valence-electron chi connectivity index (χ3n) is 12.7. The minimum absolute atomic E-state index is 0.316. The quantitative estimate of drug-likeness (QED) is 0.0556. The first-order valence-corrected chi connectivity index (χ1v) is 22.7. The topological polar surface area (TPSA) is 80.6 Å². The first-order chi connectivity index (χ1) is 30.9. The number of rotatable bonds is 18. The number of hydrogen-bond acceptors (Lipinski definition) is 8. The van der Waals surface area contributed by atoms with Gasteiger partial charge in [-0.2, -0.15) is 4.58 Å². The van der Waals surface area contributed by atoms with Crippen LogP contribution in [0, 0.1) is 0 Å². The normalized spacial score (nSPS) is 17.5. The van der Waals surface area contributed by atoms with Gasteiger partial charge in [0.1, 0.15) is 7.05 Å². The van der Waals surface area contributed by atoms with Crippen molar-refractivity contribution in [1.82, 2.24) is 0 Å². The highest BCUT2D eigenvalue weighted by Gasteiger charge is 2.44. The summed E-state index contributed by atoms with van der Waals surface area (Å²) in [6, 6.07) is 32.9. The first-order valence-electron chi connectivity index (χ1n) is 22.7. The van der Waals surface area contributed by atoms with Crippen LogP contribution in [0.3, 0.4) is 0 Å². The number of carbonyl (C=O) groups is 2. The van der Waals surface area contributed by atoms with Gasteiger partial charge < -0.3 is 28.7 Å². The largest absolute Gasteiger partial charge is 0.462 e. The molecule has 0 N–H and O–H groups in total. The molecule has 0 bridgehead atoms. The minimum Gasteiger partial charge on any atom is -0.462 e. The number of esters is 2. The molecule has 4 aromatic rings. The lowest BCUT2D eigenvalue weighted by Gasteiger charge is -2.29. The van der Waals surface area contributed by atoms with Crippen molar-refractivity contribution in [3.8, 4) is 0 Å². The summed E-state index contributed by atoms with van der Waals surface area (Å²) in [4.78, 5) is 30.9. The monoisotopic (exact) mass is 862 g/mol. The Morgan fingerprint density at radius 1 is 0.688 bits per heavy atom. The Hall–Kier alpha value is -6.03. The molecule has 2 heterocycles. The Labute approximate surface area is 380 Å². The summed E-state index contributed by atoms with van der Waals surface area (Å²) in [5, 5.41) is 0. The lowest BCUT2D eigenvalue weighted by molar-refractivity contribution is -0.401. The average Bonchev–Trinajstić information content (AvgIpc) is 3.85. The van der Waals surface area contributed by atoms with Gasteiger partial charge in [-0.05, 0) is 118 Å². The number of fused-ring (bicyclic) bond motifs is 2. The summed E-state index contributed by atoms with van der Waals surface area (Å²) in [6.45, 7) is 15.9. The van der Waals surface area contributed by atoms with Gasteiger partial charge in [-0.3, -0.25) is 0 Å². The summed E-state index contributed by atoms with van der Waals surface area (Å²) < 4.78 is 24.3. The van der Waals surface area contributed by atoms with E-state index in [0.29, 0.717) is 63.6 Å². The van der Waals surface area contributed by atoms with Gasteiger partial charge in [0.2, 0.25) is 5.69 Å². The fraction of sp³-hybridized carbons (Fsp3) is 0.364. The Morgan fingerprint density at radius 2 is 1.25 bits per heavy atom. The van der Waals surface area contributed by atoms with Gasteiger partial charge in [0.15, 0.2) is 5.71 Å². The van der Waals surface area contributed by atoms with Crippen molar-refractivity contribution in [2.75, 3.05) is 63.5 Å².